The Labute approximate surface area is 133 Å². The maximum absolute atomic E-state index is 13.5. The molecular weight excluding hydrogens is 305 g/mol. The Morgan fingerprint density at radius 1 is 1.45 bits per heavy atom. The molecule has 1 aromatic carbocycles. The van der Waals surface area contributed by atoms with E-state index < -0.39 is 6.04 Å². The number of nitrogens with zero attached hydrogens (tertiary/aromatic N) is 1. The minimum Gasteiger partial charge on any atom is -0.464 e. The van der Waals surface area contributed by atoms with Crippen molar-refractivity contribution in [3.05, 3.63) is 41.7 Å². The van der Waals surface area contributed by atoms with Gasteiger partial charge in [-0.25, -0.2) is 9.18 Å². The number of amides is 1. The molecule has 1 saturated heterocycles. The van der Waals surface area contributed by atoms with Crippen LogP contribution < -0.4 is 0 Å². The molecule has 6 heteroatoms. The summed E-state index contributed by atoms with van der Waals surface area (Å²) in [4.78, 5) is 25.7. The van der Waals surface area contributed by atoms with Crippen molar-refractivity contribution in [3.8, 4) is 0 Å². The second-order valence-corrected chi connectivity index (χ2v) is 5.88. The molecule has 2 rings (SSSR count). The zero-order valence-corrected chi connectivity index (χ0v) is 13.1. The van der Waals surface area contributed by atoms with E-state index in [0.717, 1.165) is 5.75 Å². The summed E-state index contributed by atoms with van der Waals surface area (Å²) in [7, 11) is 0. The van der Waals surface area contributed by atoms with Gasteiger partial charge in [0.2, 0.25) is 5.91 Å². The van der Waals surface area contributed by atoms with Gasteiger partial charge in [0.1, 0.15) is 11.9 Å². The maximum Gasteiger partial charge on any atom is 0.329 e. The summed E-state index contributed by atoms with van der Waals surface area (Å²) in [6.45, 7) is 2.50. The topological polar surface area (TPSA) is 46.6 Å². The summed E-state index contributed by atoms with van der Waals surface area (Å²) in [6, 6.07) is 5.65. The lowest BCUT2D eigenvalue weighted by Crippen LogP contribution is -2.50. The summed E-state index contributed by atoms with van der Waals surface area (Å²) >= 11 is 1.62. The predicted octanol–water partition coefficient (Wildman–Crippen LogP) is 2.35. The van der Waals surface area contributed by atoms with Crippen LogP contribution in [0.15, 0.2) is 30.3 Å². The van der Waals surface area contributed by atoms with Crippen molar-refractivity contribution >= 4 is 29.7 Å². The van der Waals surface area contributed by atoms with Gasteiger partial charge in [0.05, 0.1) is 6.61 Å². The second kappa shape index (κ2) is 7.98. The number of ether oxygens (including phenoxy) is 1. The lowest BCUT2D eigenvalue weighted by Gasteiger charge is -2.32. The third kappa shape index (κ3) is 4.10. The van der Waals surface area contributed by atoms with Crippen LogP contribution in [0.3, 0.4) is 0 Å². The summed E-state index contributed by atoms with van der Waals surface area (Å²) in [6.07, 6.45) is 2.74. The van der Waals surface area contributed by atoms with Crippen molar-refractivity contribution in [1.29, 1.82) is 0 Å². The molecule has 0 bridgehead atoms. The predicted molar refractivity (Wildman–Crippen MR) is 84.9 cm³/mol. The Morgan fingerprint density at radius 3 is 2.95 bits per heavy atom. The van der Waals surface area contributed by atoms with Crippen molar-refractivity contribution in [2.24, 2.45) is 0 Å². The van der Waals surface area contributed by atoms with E-state index in [0.29, 0.717) is 17.9 Å². The van der Waals surface area contributed by atoms with Crippen LogP contribution in [0, 0.1) is 5.82 Å². The number of benzene rings is 1. The fourth-order valence-electron chi connectivity index (χ4n) is 2.17. The van der Waals surface area contributed by atoms with Gasteiger partial charge < -0.3 is 9.64 Å². The fourth-order valence-corrected chi connectivity index (χ4v) is 3.20. The Morgan fingerprint density at radius 2 is 2.23 bits per heavy atom. The van der Waals surface area contributed by atoms with Gasteiger partial charge in [-0.3, -0.25) is 4.79 Å². The van der Waals surface area contributed by atoms with Crippen LogP contribution in [0.25, 0.3) is 6.08 Å². The minimum atomic E-state index is -0.573. The van der Waals surface area contributed by atoms with Gasteiger partial charge in [-0.15, -0.1) is 0 Å². The van der Waals surface area contributed by atoms with E-state index in [1.165, 1.54) is 23.1 Å². The first-order valence-electron chi connectivity index (χ1n) is 7.11. The standard InChI is InChI=1S/C16H18FNO3S/c1-2-21-16(20)14-11-22-10-9-18(14)15(19)8-7-12-5-3-4-6-13(12)17/h3-8,14H,2,9-11H2,1H3/b8-7+. The smallest absolute Gasteiger partial charge is 0.329 e. The molecule has 4 nitrogen and oxygen atoms in total. The van der Waals surface area contributed by atoms with Crippen molar-refractivity contribution in [3.63, 3.8) is 0 Å². The van der Waals surface area contributed by atoms with E-state index in [1.54, 1.807) is 36.9 Å². The van der Waals surface area contributed by atoms with Crippen LogP contribution in [-0.4, -0.2) is 47.5 Å². The molecule has 1 unspecified atom stereocenters. The third-order valence-electron chi connectivity index (χ3n) is 3.28. The molecule has 1 atom stereocenters. The molecular formula is C16H18FNO3S. The first-order valence-corrected chi connectivity index (χ1v) is 8.26. The molecule has 1 aliphatic heterocycles. The van der Waals surface area contributed by atoms with Crippen LogP contribution in [0.2, 0.25) is 0 Å². The van der Waals surface area contributed by atoms with E-state index in [4.69, 9.17) is 4.74 Å². The molecule has 0 aliphatic carbocycles. The van der Waals surface area contributed by atoms with Gasteiger partial charge in [0.25, 0.3) is 0 Å². The van der Waals surface area contributed by atoms with Gasteiger partial charge in [-0.2, -0.15) is 11.8 Å². The van der Waals surface area contributed by atoms with E-state index >= 15 is 0 Å². The number of esters is 1. The van der Waals surface area contributed by atoms with Crippen molar-refractivity contribution in [2.75, 3.05) is 24.7 Å². The second-order valence-electron chi connectivity index (χ2n) is 4.73. The highest BCUT2D eigenvalue weighted by Crippen LogP contribution is 2.18. The van der Waals surface area contributed by atoms with Crippen LogP contribution in [0.4, 0.5) is 4.39 Å². The van der Waals surface area contributed by atoms with Crippen LogP contribution in [0.1, 0.15) is 12.5 Å². The minimum absolute atomic E-state index is 0.285. The third-order valence-corrected chi connectivity index (χ3v) is 4.30. The lowest BCUT2D eigenvalue weighted by atomic mass is 10.2. The molecule has 0 aromatic heterocycles. The van der Waals surface area contributed by atoms with Crippen LogP contribution in [0.5, 0.6) is 0 Å². The molecule has 0 spiro atoms. The quantitative estimate of drug-likeness (QED) is 0.630. The number of hydrogen-bond donors (Lipinski definition) is 0. The van der Waals surface area contributed by atoms with Crippen molar-refractivity contribution < 1.29 is 18.7 Å². The van der Waals surface area contributed by atoms with E-state index in [-0.39, 0.29) is 24.3 Å². The van der Waals surface area contributed by atoms with Crippen LogP contribution in [-0.2, 0) is 14.3 Å². The average molecular weight is 323 g/mol. The number of hydrogen-bond acceptors (Lipinski definition) is 4. The Hall–Kier alpha value is -1.82. The number of carbonyl (C=O) groups excluding carboxylic acids is 2. The first-order chi connectivity index (χ1) is 10.6. The molecule has 0 saturated carbocycles. The molecule has 0 N–H and O–H groups in total. The number of carbonyl (C=O) groups is 2. The molecule has 1 aliphatic rings. The van der Waals surface area contributed by atoms with Gasteiger partial charge in [0.15, 0.2) is 0 Å². The number of rotatable bonds is 4. The highest BCUT2D eigenvalue weighted by molar-refractivity contribution is 7.99. The zero-order chi connectivity index (χ0) is 15.9. The number of thioether (sulfide) groups is 1. The molecule has 22 heavy (non-hydrogen) atoms. The summed E-state index contributed by atoms with van der Waals surface area (Å²) in [5.41, 5.74) is 0.343. The Bertz CT molecular complexity index is 576. The molecule has 1 fully saturated rings. The number of halogens is 1. The highest BCUT2D eigenvalue weighted by Gasteiger charge is 2.32. The van der Waals surface area contributed by atoms with Gasteiger partial charge in [-0.1, -0.05) is 18.2 Å². The maximum atomic E-state index is 13.5. The van der Waals surface area contributed by atoms with Gasteiger partial charge in [-0.05, 0) is 19.1 Å². The van der Waals surface area contributed by atoms with E-state index in [1.807, 2.05) is 0 Å². The monoisotopic (exact) mass is 323 g/mol. The normalized spacial score (nSPS) is 18.5. The average Bonchev–Trinajstić information content (AvgIpc) is 2.54. The summed E-state index contributed by atoms with van der Waals surface area (Å²) in [5, 5.41) is 0. The van der Waals surface area contributed by atoms with Crippen LogP contribution >= 0.6 is 11.8 Å². The molecule has 1 aromatic rings. The SMILES string of the molecule is CCOC(=O)C1CSCCN1C(=O)/C=C/c1ccccc1F. The molecule has 118 valence electrons. The largest absolute Gasteiger partial charge is 0.464 e. The Balaban J connectivity index is 2.09. The van der Waals surface area contributed by atoms with Gasteiger partial charge >= 0.3 is 5.97 Å². The van der Waals surface area contributed by atoms with E-state index in [2.05, 4.69) is 0 Å². The molecule has 1 heterocycles. The Kier molecular flexibility index (Phi) is 6.00. The van der Waals surface area contributed by atoms with E-state index in [9.17, 15) is 14.0 Å². The first kappa shape index (κ1) is 16.5. The summed E-state index contributed by atoms with van der Waals surface area (Å²) < 4.78 is 18.5. The fraction of sp³-hybridized carbons (Fsp3) is 0.375. The van der Waals surface area contributed by atoms with Gasteiger partial charge in [0, 0.05) is 29.7 Å². The molecule has 0 radical (unpaired) electrons. The zero-order valence-electron chi connectivity index (χ0n) is 12.3. The lowest BCUT2D eigenvalue weighted by molar-refractivity contribution is -0.152. The highest BCUT2D eigenvalue weighted by atomic mass is 32.2. The van der Waals surface area contributed by atoms with Crippen molar-refractivity contribution in [2.45, 2.75) is 13.0 Å². The molecule has 1 amide bonds. The summed E-state index contributed by atoms with van der Waals surface area (Å²) in [5.74, 6) is 0.222. The van der Waals surface area contributed by atoms with Crippen molar-refractivity contribution in [1.82, 2.24) is 4.90 Å².